The van der Waals surface area contributed by atoms with Crippen LogP contribution in [0.3, 0.4) is 0 Å². The lowest BCUT2D eigenvalue weighted by atomic mass is 10.1. The Kier molecular flexibility index (Phi) is 4.59. The van der Waals surface area contributed by atoms with Gasteiger partial charge in [-0.05, 0) is 24.1 Å². The number of aryl methyl sites for hydroxylation is 1. The van der Waals surface area contributed by atoms with Gasteiger partial charge in [0.25, 0.3) is 11.2 Å². The molecule has 0 saturated carbocycles. The van der Waals surface area contributed by atoms with Crippen LogP contribution in [0.4, 0.5) is 5.69 Å². The highest BCUT2D eigenvalue weighted by atomic mass is 16.6. The third-order valence-corrected chi connectivity index (χ3v) is 4.01. The molecule has 1 aromatic carbocycles. The quantitative estimate of drug-likeness (QED) is 0.298. The average molecular weight is 370 g/mol. The van der Waals surface area contributed by atoms with Gasteiger partial charge in [0.15, 0.2) is 0 Å². The predicted molar refractivity (Wildman–Crippen MR) is 95.0 cm³/mol. The summed E-state index contributed by atoms with van der Waals surface area (Å²) in [5.74, 6) is -0.981. The minimum atomic E-state index is -0.981. The number of nitro groups is 1. The molecule has 0 atom stereocenters. The van der Waals surface area contributed by atoms with Crippen LogP contribution in [-0.4, -0.2) is 22.6 Å². The first-order chi connectivity index (χ1) is 12.8. The number of carbonyl (C=O) groups excluding carboxylic acids is 1. The van der Waals surface area contributed by atoms with Crippen LogP contribution < -0.4 is 11.2 Å². The first-order valence-electron chi connectivity index (χ1n) is 7.80. The molecule has 0 saturated heterocycles. The molecule has 3 rings (SSSR count). The van der Waals surface area contributed by atoms with Gasteiger partial charge in [0.1, 0.15) is 11.1 Å². The first kappa shape index (κ1) is 18.1. The highest BCUT2D eigenvalue weighted by Crippen LogP contribution is 2.20. The molecule has 0 radical (unpaired) electrons. The average Bonchev–Trinajstić information content (AvgIpc) is 2.61. The van der Waals surface area contributed by atoms with Crippen LogP contribution >= 0.6 is 0 Å². The molecule has 0 aliphatic heterocycles. The number of aromatic nitrogens is 1. The third-order valence-electron chi connectivity index (χ3n) is 4.01. The Morgan fingerprint density at radius 1 is 1.26 bits per heavy atom. The zero-order valence-corrected chi connectivity index (χ0v) is 14.4. The van der Waals surface area contributed by atoms with Crippen LogP contribution in [-0.2, 0) is 11.3 Å². The highest BCUT2D eigenvalue weighted by molar-refractivity contribution is 5.89. The van der Waals surface area contributed by atoms with Gasteiger partial charge >= 0.3 is 11.6 Å². The molecular formula is C18H14N2O7. The molecule has 0 fully saturated rings. The summed E-state index contributed by atoms with van der Waals surface area (Å²) in [5, 5.41) is 11.7. The molecule has 0 aliphatic rings. The number of fused-ring (bicyclic) bond motifs is 1. The topological polar surface area (TPSA) is 122 Å². The van der Waals surface area contributed by atoms with Crippen molar-refractivity contribution >= 4 is 22.6 Å². The normalized spacial score (nSPS) is 10.7. The monoisotopic (exact) mass is 370 g/mol. The lowest BCUT2D eigenvalue weighted by molar-refractivity contribution is -0.385. The summed E-state index contributed by atoms with van der Waals surface area (Å²) < 4.78 is 10.7. The summed E-state index contributed by atoms with van der Waals surface area (Å²) in [7, 11) is 1.07. The van der Waals surface area contributed by atoms with Gasteiger partial charge in [-0.25, -0.2) is 9.59 Å². The van der Waals surface area contributed by atoms with E-state index < -0.39 is 33.3 Å². The lowest BCUT2D eigenvalue weighted by Gasteiger charge is -2.10. The number of rotatable bonds is 4. The molecule has 0 bridgehead atoms. The molecule has 9 heteroatoms. The van der Waals surface area contributed by atoms with Gasteiger partial charge in [0.05, 0.1) is 24.8 Å². The number of carbonyl (C=O) groups is 1. The van der Waals surface area contributed by atoms with Crippen molar-refractivity contribution < 1.29 is 18.9 Å². The molecule has 0 N–H and O–H groups in total. The van der Waals surface area contributed by atoms with Gasteiger partial charge in [0, 0.05) is 17.5 Å². The summed E-state index contributed by atoms with van der Waals surface area (Å²) >= 11 is 0. The molecule has 0 aliphatic carbocycles. The second-order valence-electron chi connectivity index (χ2n) is 5.88. The fourth-order valence-corrected chi connectivity index (χ4v) is 2.74. The predicted octanol–water partition coefficient (Wildman–Crippen LogP) is 2.01. The van der Waals surface area contributed by atoms with E-state index in [1.165, 1.54) is 6.07 Å². The maximum absolute atomic E-state index is 12.6. The van der Waals surface area contributed by atoms with E-state index in [0.717, 1.165) is 29.5 Å². The first-order valence-corrected chi connectivity index (χ1v) is 7.80. The second-order valence-corrected chi connectivity index (χ2v) is 5.88. The van der Waals surface area contributed by atoms with Gasteiger partial charge in [-0.3, -0.25) is 14.9 Å². The molecule has 9 nitrogen and oxygen atoms in total. The minimum Gasteiger partial charge on any atom is -0.465 e. The number of ether oxygens (including phenoxy) is 1. The molecule has 0 amide bonds. The van der Waals surface area contributed by atoms with Gasteiger partial charge in [-0.15, -0.1) is 0 Å². The standard InChI is InChI=1S/C18H14N2O7/c1-10-3-4-13-11(6-16(21)27-15(13)5-10)8-19-9-12(20(24)25)7-14(17(19)22)18(23)26-2/h3-7,9H,8H2,1-2H3. The summed E-state index contributed by atoms with van der Waals surface area (Å²) in [5.41, 5.74) is -0.643. The number of benzene rings is 1. The van der Waals surface area contributed by atoms with Gasteiger partial charge in [0.2, 0.25) is 0 Å². The second kappa shape index (κ2) is 6.87. The van der Waals surface area contributed by atoms with Crippen molar-refractivity contribution in [2.24, 2.45) is 0 Å². The molecular weight excluding hydrogens is 356 g/mol. The molecule has 0 spiro atoms. The van der Waals surface area contributed by atoms with E-state index in [4.69, 9.17) is 4.42 Å². The molecule has 3 aromatic rings. The van der Waals surface area contributed by atoms with E-state index in [1.807, 2.05) is 13.0 Å². The number of nitrogens with zero attached hydrogens (tertiary/aromatic N) is 2. The Labute approximate surface area is 151 Å². The van der Waals surface area contributed by atoms with E-state index in [-0.39, 0.29) is 6.54 Å². The summed E-state index contributed by atoms with van der Waals surface area (Å²) in [6, 6.07) is 7.29. The van der Waals surface area contributed by atoms with Crippen LogP contribution in [0.1, 0.15) is 21.5 Å². The Bertz CT molecular complexity index is 1190. The van der Waals surface area contributed by atoms with E-state index in [0.29, 0.717) is 16.5 Å². The Balaban J connectivity index is 2.21. The minimum absolute atomic E-state index is 0.157. The maximum atomic E-state index is 12.6. The Morgan fingerprint density at radius 3 is 2.67 bits per heavy atom. The number of hydrogen-bond acceptors (Lipinski definition) is 7. The Hall–Kier alpha value is -3.75. The summed E-state index contributed by atoms with van der Waals surface area (Å²) in [4.78, 5) is 46.6. The molecule has 2 aromatic heterocycles. The van der Waals surface area contributed by atoms with Crippen LogP contribution in [0.15, 0.2) is 50.5 Å². The van der Waals surface area contributed by atoms with Crippen LogP contribution in [0.25, 0.3) is 11.0 Å². The molecule has 138 valence electrons. The summed E-state index contributed by atoms with van der Waals surface area (Å²) in [6.07, 6.45) is 1.02. The smallest absolute Gasteiger partial charge is 0.343 e. The number of esters is 1. The van der Waals surface area contributed by atoms with E-state index in [1.54, 1.807) is 12.1 Å². The molecule has 27 heavy (non-hydrogen) atoms. The molecule has 0 unspecified atom stereocenters. The highest BCUT2D eigenvalue weighted by Gasteiger charge is 2.20. The van der Waals surface area contributed by atoms with Crippen molar-refractivity contribution in [1.29, 1.82) is 0 Å². The van der Waals surface area contributed by atoms with Gasteiger partial charge in [-0.1, -0.05) is 12.1 Å². The van der Waals surface area contributed by atoms with E-state index in [9.17, 15) is 24.5 Å². The Morgan fingerprint density at radius 2 is 2.00 bits per heavy atom. The van der Waals surface area contributed by atoms with Crippen molar-refractivity contribution in [3.8, 4) is 0 Å². The van der Waals surface area contributed by atoms with Gasteiger partial charge in [-0.2, -0.15) is 0 Å². The lowest BCUT2D eigenvalue weighted by Crippen LogP contribution is -2.27. The van der Waals surface area contributed by atoms with Crippen LogP contribution in [0.5, 0.6) is 0 Å². The SMILES string of the molecule is COC(=O)c1cc([N+](=O)[O-])cn(Cc2cc(=O)oc3cc(C)ccc23)c1=O. The third kappa shape index (κ3) is 3.47. The zero-order chi connectivity index (χ0) is 19.7. The van der Waals surface area contributed by atoms with Crippen molar-refractivity contribution in [3.63, 3.8) is 0 Å². The fourth-order valence-electron chi connectivity index (χ4n) is 2.74. The van der Waals surface area contributed by atoms with Crippen LogP contribution in [0.2, 0.25) is 0 Å². The van der Waals surface area contributed by atoms with E-state index in [2.05, 4.69) is 4.74 Å². The maximum Gasteiger partial charge on any atom is 0.343 e. The van der Waals surface area contributed by atoms with Crippen molar-refractivity contribution in [2.75, 3.05) is 7.11 Å². The van der Waals surface area contributed by atoms with Crippen molar-refractivity contribution in [3.05, 3.63) is 84.1 Å². The number of methoxy groups -OCH3 is 1. The fraction of sp³-hybridized carbons (Fsp3) is 0.167. The number of pyridine rings is 1. The molecule has 2 heterocycles. The number of hydrogen-bond donors (Lipinski definition) is 0. The van der Waals surface area contributed by atoms with Crippen molar-refractivity contribution in [1.82, 2.24) is 4.57 Å². The summed E-state index contributed by atoms with van der Waals surface area (Å²) in [6.45, 7) is 1.68. The van der Waals surface area contributed by atoms with Crippen LogP contribution in [0, 0.1) is 17.0 Å². The van der Waals surface area contributed by atoms with Gasteiger partial charge < -0.3 is 13.7 Å². The van der Waals surface area contributed by atoms with E-state index >= 15 is 0 Å². The largest absolute Gasteiger partial charge is 0.465 e. The zero-order valence-electron chi connectivity index (χ0n) is 14.4. The van der Waals surface area contributed by atoms with Crippen molar-refractivity contribution in [2.45, 2.75) is 13.5 Å².